The van der Waals surface area contributed by atoms with Gasteiger partial charge in [0.2, 0.25) is 0 Å². The van der Waals surface area contributed by atoms with E-state index < -0.39 is 0 Å². The molecule has 1 aliphatic rings. The Labute approximate surface area is 120 Å². The quantitative estimate of drug-likeness (QED) is 0.789. The molecule has 1 aromatic carbocycles. The normalized spacial score (nSPS) is 13.9. The van der Waals surface area contributed by atoms with Crippen LogP contribution in [0.3, 0.4) is 0 Å². The zero-order valence-electron chi connectivity index (χ0n) is 12.4. The Kier molecular flexibility index (Phi) is 3.25. The lowest BCUT2D eigenvalue weighted by molar-refractivity contribution is 0.464. The van der Waals surface area contributed by atoms with E-state index in [1.54, 1.807) is 0 Å². The highest BCUT2D eigenvalue weighted by atomic mass is 16.5. The number of para-hydroxylation sites is 1. The van der Waals surface area contributed by atoms with Crippen molar-refractivity contribution >= 4 is 0 Å². The largest absolute Gasteiger partial charge is 0.455 e. The van der Waals surface area contributed by atoms with Crippen molar-refractivity contribution in [3.63, 3.8) is 0 Å². The fourth-order valence-electron chi connectivity index (χ4n) is 2.50. The van der Waals surface area contributed by atoms with Crippen molar-refractivity contribution < 1.29 is 4.74 Å². The maximum atomic E-state index is 6.04. The van der Waals surface area contributed by atoms with Gasteiger partial charge in [-0.2, -0.15) is 0 Å². The topological polar surface area (TPSA) is 22.1 Å². The number of ether oxygens (including phenoxy) is 1. The third-order valence-corrected chi connectivity index (χ3v) is 4.33. The molecular formula is C18H21NO. The molecule has 0 amide bonds. The molecule has 0 radical (unpaired) electrons. The van der Waals surface area contributed by atoms with E-state index in [-0.39, 0.29) is 5.41 Å². The number of pyridine rings is 1. The number of hydrogen-bond acceptors (Lipinski definition) is 2. The second-order valence-corrected chi connectivity index (χ2v) is 6.09. The predicted molar refractivity (Wildman–Crippen MR) is 81.5 cm³/mol. The van der Waals surface area contributed by atoms with Crippen LogP contribution in [0, 0.1) is 0 Å². The lowest BCUT2D eigenvalue weighted by atomic mass is 9.86. The van der Waals surface area contributed by atoms with Crippen molar-refractivity contribution in [2.45, 2.75) is 45.4 Å². The average molecular weight is 267 g/mol. The third kappa shape index (κ3) is 2.31. The molecule has 2 heteroatoms. The van der Waals surface area contributed by atoms with Gasteiger partial charge in [-0.05, 0) is 43.0 Å². The monoisotopic (exact) mass is 267 g/mol. The Morgan fingerprint density at radius 3 is 2.65 bits per heavy atom. The zero-order valence-corrected chi connectivity index (χ0v) is 12.4. The summed E-state index contributed by atoms with van der Waals surface area (Å²) in [5.41, 5.74) is 3.63. The molecule has 3 rings (SSSR count). The fraction of sp³-hybridized carbons (Fsp3) is 0.389. The van der Waals surface area contributed by atoms with E-state index in [4.69, 9.17) is 9.72 Å². The number of aromatic nitrogens is 1. The van der Waals surface area contributed by atoms with Crippen LogP contribution in [0.4, 0.5) is 0 Å². The molecule has 0 unspecified atom stereocenters. The first-order chi connectivity index (χ1) is 9.60. The van der Waals surface area contributed by atoms with Crippen molar-refractivity contribution in [2.24, 2.45) is 0 Å². The highest BCUT2D eigenvalue weighted by Gasteiger charge is 2.22. The summed E-state index contributed by atoms with van der Waals surface area (Å²) >= 11 is 0. The molecule has 0 spiro atoms. The number of benzene rings is 1. The SMILES string of the molecule is CCC(C)(C)c1ccc2c(n1)CCc1ccccc1O2. The van der Waals surface area contributed by atoms with Gasteiger partial charge in [0, 0.05) is 11.1 Å². The standard InChI is InChI=1S/C18H21NO/c1-4-18(2,3)17-12-11-16-14(19-17)10-9-13-7-5-6-8-15(13)20-16/h5-8,11-12H,4,9-10H2,1-3H3. The number of fused-ring (bicyclic) bond motifs is 2. The molecule has 0 saturated heterocycles. The molecule has 2 heterocycles. The molecule has 0 atom stereocenters. The van der Waals surface area contributed by atoms with E-state index in [2.05, 4.69) is 45.0 Å². The maximum Gasteiger partial charge on any atom is 0.148 e. The van der Waals surface area contributed by atoms with E-state index in [1.165, 1.54) is 5.56 Å². The van der Waals surface area contributed by atoms with Crippen LogP contribution in [0.2, 0.25) is 0 Å². The molecule has 104 valence electrons. The summed E-state index contributed by atoms with van der Waals surface area (Å²) < 4.78 is 6.04. The third-order valence-electron chi connectivity index (χ3n) is 4.33. The average Bonchev–Trinajstić information content (AvgIpc) is 2.65. The van der Waals surface area contributed by atoms with Crippen LogP contribution in [-0.2, 0) is 18.3 Å². The minimum atomic E-state index is 0.119. The number of nitrogens with zero attached hydrogens (tertiary/aromatic N) is 1. The zero-order chi connectivity index (χ0) is 14.2. The van der Waals surface area contributed by atoms with Crippen LogP contribution < -0.4 is 4.74 Å². The molecule has 1 aromatic heterocycles. The molecule has 20 heavy (non-hydrogen) atoms. The smallest absolute Gasteiger partial charge is 0.148 e. The highest BCUT2D eigenvalue weighted by molar-refractivity contribution is 5.43. The van der Waals surface area contributed by atoms with Gasteiger partial charge in [0.25, 0.3) is 0 Å². The Bertz CT molecular complexity index is 631. The van der Waals surface area contributed by atoms with Crippen LogP contribution in [-0.4, -0.2) is 4.98 Å². The van der Waals surface area contributed by atoms with Gasteiger partial charge in [-0.1, -0.05) is 39.0 Å². The molecule has 0 aliphatic carbocycles. The van der Waals surface area contributed by atoms with Crippen LogP contribution in [0.15, 0.2) is 36.4 Å². The van der Waals surface area contributed by atoms with Gasteiger partial charge >= 0.3 is 0 Å². The van der Waals surface area contributed by atoms with Crippen LogP contribution in [0.25, 0.3) is 0 Å². The second kappa shape index (κ2) is 4.93. The van der Waals surface area contributed by atoms with Crippen molar-refractivity contribution in [3.8, 4) is 11.5 Å². The first-order valence-electron chi connectivity index (χ1n) is 7.36. The molecule has 0 bridgehead atoms. The van der Waals surface area contributed by atoms with Crippen molar-refractivity contribution in [2.75, 3.05) is 0 Å². The van der Waals surface area contributed by atoms with Crippen molar-refractivity contribution in [1.29, 1.82) is 0 Å². The molecule has 0 N–H and O–H groups in total. The van der Waals surface area contributed by atoms with Gasteiger partial charge in [-0.25, -0.2) is 0 Å². The summed E-state index contributed by atoms with van der Waals surface area (Å²) in [5.74, 6) is 1.88. The van der Waals surface area contributed by atoms with E-state index in [0.29, 0.717) is 0 Å². The summed E-state index contributed by atoms with van der Waals surface area (Å²) in [6.07, 6.45) is 3.02. The van der Waals surface area contributed by atoms with Gasteiger partial charge in [0.05, 0.1) is 5.69 Å². The molecule has 2 nitrogen and oxygen atoms in total. The number of rotatable bonds is 2. The Morgan fingerprint density at radius 2 is 1.85 bits per heavy atom. The van der Waals surface area contributed by atoms with E-state index >= 15 is 0 Å². The minimum absolute atomic E-state index is 0.119. The summed E-state index contributed by atoms with van der Waals surface area (Å²) in [6.45, 7) is 6.70. The summed E-state index contributed by atoms with van der Waals surface area (Å²) in [4.78, 5) is 4.87. The van der Waals surface area contributed by atoms with Gasteiger partial charge in [0.1, 0.15) is 11.5 Å². The fourth-order valence-corrected chi connectivity index (χ4v) is 2.50. The minimum Gasteiger partial charge on any atom is -0.455 e. The van der Waals surface area contributed by atoms with Crippen LogP contribution in [0.1, 0.15) is 44.1 Å². The maximum absolute atomic E-state index is 6.04. The second-order valence-electron chi connectivity index (χ2n) is 6.09. The molecule has 2 aromatic rings. The Morgan fingerprint density at radius 1 is 1.05 bits per heavy atom. The summed E-state index contributed by atoms with van der Waals surface area (Å²) in [5, 5.41) is 0. The highest BCUT2D eigenvalue weighted by Crippen LogP contribution is 2.34. The molecule has 0 saturated carbocycles. The molecule has 1 aliphatic heterocycles. The summed E-state index contributed by atoms with van der Waals surface area (Å²) in [7, 11) is 0. The van der Waals surface area contributed by atoms with Gasteiger partial charge in [-0.15, -0.1) is 0 Å². The lowest BCUT2D eigenvalue weighted by Crippen LogP contribution is -2.18. The van der Waals surface area contributed by atoms with E-state index in [9.17, 15) is 0 Å². The van der Waals surface area contributed by atoms with E-state index in [1.807, 2.05) is 12.1 Å². The first-order valence-corrected chi connectivity index (χ1v) is 7.36. The summed E-state index contributed by atoms with van der Waals surface area (Å²) in [6, 6.07) is 12.4. The van der Waals surface area contributed by atoms with Gasteiger partial charge in [0.15, 0.2) is 0 Å². The Hall–Kier alpha value is -1.83. The number of hydrogen-bond donors (Lipinski definition) is 0. The Balaban J connectivity index is 1.99. The molecule has 0 fully saturated rings. The number of aryl methyl sites for hydroxylation is 2. The molecular weight excluding hydrogens is 246 g/mol. The lowest BCUT2D eigenvalue weighted by Gasteiger charge is -2.23. The van der Waals surface area contributed by atoms with Crippen LogP contribution >= 0.6 is 0 Å². The first kappa shape index (κ1) is 13.2. The van der Waals surface area contributed by atoms with Crippen molar-refractivity contribution in [3.05, 3.63) is 53.3 Å². The van der Waals surface area contributed by atoms with E-state index in [0.717, 1.165) is 42.1 Å². The van der Waals surface area contributed by atoms with Crippen molar-refractivity contribution in [1.82, 2.24) is 4.98 Å². The van der Waals surface area contributed by atoms with Crippen LogP contribution in [0.5, 0.6) is 11.5 Å². The van der Waals surface area contributed by atoms with Gasteiger partial charge in [-0.3, -0.25) is 4.98 Å². The predicted octanol–water partition coefficient (Wildman–Crippen LogP) is 4.66. The van der Waals surface area contributed by atoms with Gasteiger partial charge < -0.3 is 4.74 Å².